The number of thiocarbonyl (C=S) groups is 1. The van der Waals surface area contributed by atoms with Gasteiger partial charge in [0.1, 0.15) is 4.99 Å². The highest BCUT2D eigenvalue weighted by molar-refractivity contribution is 7.80. The molecule has 2 unspecified atom stereocenters. The van der Waals surface area contributed by atoms with Crippen LogP contribution in [0.5, 0.6) is 0 Å². The molecular weight excluding hydrogens is 220 g/mol. The second kappa shape index (κ2) is 5.75. The Morgan fingerprint density at radius 1 is 1.56 bits per heavy atom. The van der Waals surface area contributed by atoms with E-state index in [4.69, 9.17) is 18.0 Å². The lowest BCUT2D eigenvalue weighted by Gasteiger charge is -2.21. The van der Waals surface area contributed by atoms with Gasteiger partial charge in [-0.15, -0.1) is 5.10 Å². The first-order valence-corrected chi connectivity index (χ1v) is 5.85. The summed E-state index contributed by atoms with van der Waals surface area (Å²) in [5.41, 5.74) is 6.37. The van der Waals surface area contributed by atoms with Crippen molar-refractivity contribution in [2.24, 2.45) is 11.7 Å². The molecule has 4 nitrogen and oxygen atoms in total. The molecule has 0 saturated carbocycles. The van der Waals surface area contributed by atoms with Crippen LogP contribution in [-0.4, -0.2) is 21.2 Å². The Kier molecular flexibility index (Phi) is 4.61. The van der Waals surface area contributed by atoms with E-state index < -0.39 is 0 Å². The highest BCUT2D eigenvalue weighted by Crippen LogP contribution is 2.16. The standard InChI is InChI=1S/C11H18N4S/c1-4-7(2)8(3)14-11-9(10(12)16)5-6-13-15-11/h5-8H,4H2,1-3H3,(H2,12,16)(H,14,15). The van der Waals surface area contributed by atoms with E-state index in [2.05, 4.69) is 36.3 Å². The number of anilines is 1. The van der Waals surface area contributed by atoms with Crippen molar-refractivity contribution >= 4 is 23.0 Å². The SMILES string of the molecule is CCC(C)C(C)Nc1nnccc1C(N)=S. The number of aromatic nitrogens is 2. The van der Waals surface area contributed by atoms with Crippen LogP contribution in [0.4, 0.5) is 5.82 Å². The molecule has 16 heavy (non-hydrogen) atoms. The van der Waals surface area contributed by atoms with Gasteiger partial charge in [0.2, 0.25) is 0 Å². The number of nitrogens with two attached hydrogens (primary N) is 1. The fourth-order valence-corrected chi connectivity index (χ4v) is 1.51. The summed E-state index contributed by atoms with van der Waals surface area (Å²) in [7, 11) is 0. The Morgan fingerprint density at radius 3 is 2.81 bits per heavy atom. The summed E-state index contributed by atoms with van der Waals surface area (Å²) in [6, 6.07) is 2.09. The van der Waals surface area contributed by atoms with Crippen LogP contribution < -0.4 is 11.1 Å². The van der Waals surface area contributed by atoms with Crippen LogP contribution in [0.25, 0.3) is 0 Å². The molecule has 0 amide bonds. The first-order valence-electron chi connectivity index (χ1n) is 5.44. The highest BCUT2D eigenvalue weighted by Gasteiger charge is 2.13. The minimum absolute atomic E-state index is 0.315. The number of hydrogen-bond donors (Lipinski definition) is 2. The van der Waals surface area contributed by atoms with E-state index in [1.807, 2.05) is 0 Å². The highest BCUT2D eigenvalue weighted by atomic mass is 32.1. The van der Waals surface area contributed by atoms with Gasteiger partial charge in [0.05, 0.1) is 11.8 Å². The number of rotatable bonds is 5. The van der Waals surface area contributed by atoms with Gasteiger partial charge in [0.25, 0.3) is 0 Å². The largest absolute Gasteiger partial charge is 0.389 e. The van der Waals surface area contributed by atoms with Crippen LogP contribution in [-0.2, 0) is 0 Å². The molecule has 5 heteroatoms. The third kappa shape index (κ3) is 3.13. The molecule has 88 valence electrons. The Morgan fingerprint density at radius 2 is 2.25 bits per heavy atom. The van der Waals surface area contributed by atoms with E-state index in [1.165, 1.54) is 0 Å². The van der Waals surface area contributed by atoms with Crippen LogP contribution in [0.15, 0.2) is 12.3 Å². The molecule has 1 rings (SSSR count). The summed E-state index contributed by atoms with van der Waals surface area (Å²) in [5, 5.41) is 11.2. The lowest BCUT2D eigenvalue weighted by Crippen LogP contribution is -2.26. The average molecular weight is 238 g/mol. The quantitative estimate of drug-likeness (QED) is 0.768. The van der Waals surface area contributed by atoms with Crippen molar-refractivity contribution in [3.63, 3.8) is 0 Å². The maximum atomic E-state index is 5.62. The molecule has 0 aliphatic heterocycles. The summed E-state index contributed by atoms with van der Waals surface area (Å²) < 4.78 is 0. The molecule has 2 atom stereocenters. The Labute approximate surface area is 102 Å². The molecule has 0 aliphatic rings. The van der Waals surface area contributed by atoms with Crippen LogP contribution in [0, 0.1) is 5.92 Å². The molecule has 0 spiro atoms. The molecule has 1 aromatic heterocycles. The maximum absolute atomic E-state index is 5.62. The van der Waals surface area contributed by atoms with E-state index in [0.29, 0.717) is 22.8 Å². The van der Waals surface area contributed by atoms with E-state index in [0.717, 1.165) is 12.0 Å². The zero-order chi connectivity index (χ0) is 12.1. The van der Waals surface area contributed by atoms with Gasteiger partial charge in [-0.3, -0.25) is 0 Å². The summed E-state index contributed by atoms with van der Waals surface area (Å²) in [6.45, 7) is 6.47. The first kappa shape index (κ1) is 12.8. The molecule has 0 aliphatic carbocycles. The second-order valence-electron chi connectivity index (χ2n) is 3.98. The van der Waals surface area contributed by atoms with Crippen LogP contribution in [0.3, 0.4) is 0 Å². The van der Waals surface area contributed by atoms with Gasteiger partial charge in [-0.25, -0.2) is 0 Å². The number of nitrogens with zero attached hydrogens (tertiary/aromatic N) is 2. The van der Waals surface area contributed by atoms with E-state index in [-0.39, 0.29) is 0 Å². The molecule has 3 N–H and O–H groups in total. The van der Waals surface area contributed by atoms with Crippen molar-refractivity contribution in [2.45, 2.75) is 33.2 Å². The zero-order valence-corrected chi connectivity index (χ0v) is 10.7. The van der Waals surface area contributed by atoms with Crippen molar-refractivity contribution in [3.8, 4) is 0 Å². The van der Waals surface area contributed by atoms with Crippen molar-refractivity contribution in [1.29, 1.82) is 0 Å². The van der Waals surface area contributed by atoms with Crippen molar-refractivity contribution < 1.29 is 0 Å². The van der Waals surface area contributed by atoms with Gasteiger partial charge in [0.15, 0.2) is 5.82 Å². The smallest absolute Gasteiger partial charge is 0.159 e. The summed E-state index contributed by atoms with van der Waals surface area (Å²) in [5.74, 6) is 1.23. The maximum Gasteiger partial charge on any atom is 0.159 e. The van der Waals surface area contributed by atoms with Crippen LogP contribution >= 0.6 is 12.2 Å². The zero-order valence-electron chi connectivity index (χ0n) is 9.90. The third-order valence-corrected chi connectivity index (χ3v) is 3.07. The first-order chi connectivity index (χ1) is 7.56. The van der Waals surface area contributed by atoms with E-state index >= 15 is 0 Å². The van der Waals surface area contributed by atoms with Crippen LogP contribution in [0.2, 0.25) is 0 Å². The number of hydrogen-bond acceptors (Lipinski definition) is 4. The lowest BCUT2D eigenvalue weighted by molar-refractivity contribution is 0.493. The predicted molar refractivity (Wildman–Crippen MR) is 70.5 cm³/mol. The van der Waals surface area contributed by atoms with Crippen LogP contribution in [0.1, 0.15) is 32.8 Å². The van der Waals surface area contributed by atoms with E-state index in [1.54, 1.807) is 12.3 Å². The molecule has 1 heterocycles. The van der Waals surface area contributed by atoms with Gasteiger partial charge < -0.3 is 11.1 Å². The summed E-state index contributed by atoms with van der Waals surface area (Å²) in [4.78, 5) is 0.341. The molecule has 0 aromatic carbocycles. The predicted octanol–water partition coefficient (Wildman–Crippen LogP) is 1.96. The summed E-state index contributed by atoms with van der Waals surface area (Å²) in [6.07, 6.45) is 2.70. The minimum atomic E-state index is 0.315. The van der Waals surface area contributed by atoms with Crippen molar-refractivity contribution in [2.75, 3.05) is 5.32 Å². The molecule has 0 fully saturated rings. The molecule has 0 bridgehead atoms. The Balaban J connectivity index is 2.84. The monoisotopic (exact) mass is 238 g/mol. The molecule has 1 aromatic rings. The van der Waals surface area contributed by atoms with Crippen molar-refractivity contribution in [1.82, 2.24) is 10.2 Å². The Bertz CT molecular complexity index is 367. The Hall–Kier alpha value is -1.23. The molecule has 0 saturated heterocycles. The van der Waals surface area contributed by atoms with Crippen molar-refractivity contribution in [3.05, 3.63) is 17.8 Å². The minimum Gasteiger partial charge on any atom is -0.389 e. The fraction of sp³-hybridized carbons (Fsp3) is 0.545. The third-order valence-electron chi connectivity index (χ3n) is 2.85. The normalized spacial score (nSPS) is 14.2. The second-order valence-corrected chi connectivity index (χ2v) is 4.42. The fourth-order valence-electron chi connectivity index (χ4n) is 1.35. The lowest BCUT2D eigenvalue weighted by atomic mass is 10.0. The van der Waals surface area contributed by atoms with Gasteiger partial charge in [-0.2, -0.15) is 5.10 Å². The van der Waals surface area contributed by atoms with E-state index in [9.17, 15) is 0 Å². The molecule has 0 radical (unpaired) electrons. The summed E-state index contributed by atoms with van der Waals surface area (Å²) >= 11 is 4.97. The average Bonchev–Trinajstić information content (AvgIpc) is 2.28. The van der Waals surface area contributed by atoms with Gasteiger partial charge in [0, 0.05) is 6.04 Å². The van der Waals surface area contributed by atoms with Gasteiger partial charge in [-0.1, -0.05) is 32.5 Å². The molecular formula is C11H18N4S. The van der Waals surface area contributed by atoms with Gasteiger partial charge in [-0.05, 0) is 18.9 Å². The van der Waals surface area contributed by atoms with Gasteiger partial charge >= 0.3 is 0 Å². The number of nitrogens with one attached hydrogen (secondary N) is 1. The topological polar surface area (TPSA) is 63.8 Å².